The van der Waals surface area contributed by atoms with Crippen LogP contribution in [-0.4, -0.2) is 13.1 Å². The molecule has 2 heteroatoms. The summed E-state index contributed by atoms with van der Waals surface area (Å²) in [4.78, 5) is 12.1. The van der Waals surface area contributed by atoms with Crippen LogP contribution in [0.15, 0.2) is 48.5 Å². The quantitative estimate of drug-likeness (QED) is 0.633. The topological polar surface area (TPSA) is 26.3 Å². The van der Waals surface area contributed by atoms with Gasteiger partial charge in [0.05, 0.1) is 12.7 Å². The lowest BCUT2D eigenvalue weighted by atomic mass is 9.84. The van der Waals surface area contributed by atoms with Gasteiger partial charge in [0.15, 0.2) is 0 Å². The summed E-state index contributed by atoms with van der Waals surface area (Å²) < 4.78 is 4.92. The Morgan fingerprint density at radius 1 is 1.19 bits per heavy atom. The third-order valence-electron chi connectivity index (χ3n) is 4.18. The minimum atomic E-state index is -0.309. The number of terminal acetylenes is 1. The molecule has 0 atom stereocenters. The van der Waals surface area contributed by atoms with Gasteiger partial charge in [-0.25, -0.2) is 4.79 Å². The molecule has 1 aliphatic carbocycles. The van der Waals surface area contributed by atoms with Crippen molar-refractivity contribution in [2.75, 3.05) is 7.11 Å². The molecule has 0 bridgehead atoms. The Balaban J connectivity index is 2.17. The molecule has 3 rings (SSSR count). The summed E-state index contributed by atoms with van der Waals surface area (Å²) in [5, 5.41) is 0. The van der Waals surface area contributed by atoms with E-state index in [0.29, 0.717) is 5.56 Å². The van der Waals surface area contributed by atoms with Gasteiger partial charge >= 0.3 is 5.97 Å². The van der Waals surface area contributed by atoms with Crippen molar-refractivity contribution in [1.82, 2.24) is 0 Å². The summed E-state index contributed by atoms with van der Waals surface area (Å²) in [6, 6.07) is 15.8. The number of carbonyl (C=O) groups is 1. The molecule has 0 saturated heterocycles. The fourth-order valence-electron chi connectivity index (χ4n) is 2.91. The molecular weight excluding hydrogens is 260 g/mol. The Bertz CT molecular complexity index is 719. The molecular formula is C19H16O2. The summed E-state index contributed by atoms with van der Waals surface area (Å²) in [6.45, 7) is 0. The van der Waals surface area contributed by atoms with Crippen molar-refractivity contribution in [3.8, 4) is 12.3 Å². The van der Waals surface area contributed by atoms with E-state index in [4.69, 9.17) is 11.2 Å². The molecule has 0 N–H and O–H groups in total. The van der Waals surface area contributed by atoms with Crippen molar-refractivity contribution < 1.29 is 9.53 Å². The van der Waals surface area contributed by atoms with Crippen LogP contribution in [0.5, 0.6) is 0 Å². The smallest absolute Gasteiger partial charge is 0.338 e. The molecule has 1 saturated carbocycles. The molecule has 0 spiro atoms. The van der Waals surface area contributed by atoms with Crippen molar-refractivity contribution in [3.63, 3.8) is 0 Å². The number of esters is 1. The van der Waals surface area contributed by atoms with Gasteiger partial charge in [0.1, 0.15) is 0 Å². The largest absolute Gasteiger partial charge is 0.465 e. The monoisotopic (exact) mass is 276 g/mol. The number of carbonyl (C=O) groups excluding carboxylic acids is 1. The molecule has 0 amide bonds. The zero-order chi connectivity index (χ0) is 14.9. The Morgan fingerprint density at radius 2 is 1.90 bits per heavy atom. The average molecular weight is 276 g/mol. The predicted octanol–water partition coefficient (Wildman–Crippen LogP) is 3.53. The van der Waals surface area contributed by atoms with E-state index in [0.717, 1.165) is 24.0 Å². The summed E-state index contributed by atoms with van der Waals surface area (Å²) in [6.07, 6.45) is 7.56. The first-order valence-electron chi connectivity index (χ1n) is 6.96. The first kappa shape index (κ1) is 13.5. The maximum atomic E-state index is 12.1. The van der Waals surface area contributed by atoms with E-state index in [1.165, 1.54) is 12.7 Å². The normalized spacial score (nSPS) is 15.0. The Hall–Kier alpha value is -2.53. The standard InChI is InChI=1S/C19H16O2/c1-3-14-9-10-16(18(20)21-2)17(13-14)19(11-12-19)15-7-5-4-6-8-15/h1,4-10,13H,11-12H2,2H3. The van der Waals surface area contributed by atoms with Crippen LogP contribution in [0, 0.1) is 12.3 Å². The van der Waals surface area contributed by atoms with Crippen molar-refractivity contribution in [2.45, 2.75) is 18.3 Å². The van der Waals surface area contributed by atoms with Crippen LogP contribution < -0.4 is 0 Å². The van der Waals surface area contributed by atoms with E-state index in [2.05, 4.69) is 18.1 Å². The van der Waals surface area contributed by atoms with Crippen LogP contribution in [0.4, 0.5) is 0 Å². The van der Waals surface area contributed by atoms with Crippen molar-refractivity contribution in [1.29, 1.82) is 0 Å². The van der Waals surface area contributed by atoms with E-state index in [1.54, 1.807) is 12.1 Å². The van der Waals surface area contributed by atoms with E-state index < -0.39 is 0 Å². The summed E-state index contributed by atoms with van der Waals surface area (Å²) in [7, 11) is 1.41. The van der Waals surface area contributed by atoms with Gasteiger partial charge in [-0.2, -0.15) is 0 Å². The molecule has 2 nitrogen and oxygen atoms in total. The van der Waals surface area contributed by atoms with Crippen molar-refractivity contribution >= 4 is 5.97 Å². The third kappa shape index (κ3) is 2.21. The molecule has 0 unspecified atom stereocenters. The lowest BCUT2D eigenvalue weighted by Gasteiger charge is -2.19. The maximum Gasteiger partial charge on any atom is 0.338 e. The highest BCUT2D eigenvalue weighted by Gasteiger charge is 2.47. The maximum absolute atomic E-state index is 12.1. The lowest BCUT2D eigenvalue weighted by molar-refractivity contribution is 0.0599. The van der Waals surface area contributed by atoms with Gasteiger partial charge in [0, 0.05) is 11.0 Å². The molecule has 0 aliphatic heterocycles. The number of benzene rings is 2. The number of hydrogen-bond acceptors (Lipinski definition) is 2. The first-order chi connectivity index (χ1) is 10.2. The van der Waals surface area contributed by atoms with Crippen molar-refractivity contribution in [3.05, 3.63) is 70.8 Å². The fraction of sp³-hybridized carbons (Fsp3) is 0.211. The minimum Gasteiger partial charge on any atom is -0.465 e. The second-order valence-corrected chi connectivity index (χ2v) is 5.34. The Morgan fingerprint density at radius 3 is 2.48 bits per heavy atom. The first-order valence-corrected chi connectivity index (χ1v) is 6.96. The number of rotatable bonds is 3. The molecule has 2 aromatic carbocycles. The van der Waals surface area contributed by atoms with Crippen LogP contribution >= 0.6 is 0 Å². The zero-order valence-corrected chi connectivity index (χ0v) is 11.9. The second kappa shape index (κ2) is 5.10. The fourth-order valence-corrected chi connectivity index (χ4v) is 2.91. The van der Waals surface area contributed by atoms with Gasteiger partial charge in [-0.1, -0.05) is 36.3 Å². The van der Waals surface area contributed by atoms with Gasteiger partial charge in [-0.05, 0) is 42.2 Å². The van der Waals surface area contributed by atoms with Crippen LogP contribution in [0.2, 0.25) is 0 Å². The predicted molar refractivity (Wildman–Crippen MR) is 82.2 cm³/mol. The molecule has 21 heavy (non-hydrogen) atoms. The average Bonchev–Trinajstić information content (AvgIpc) is 3.36. The van der Waals surface area contributed by atoms with Crippen LogP contribution in [0.25, 0.3) is 0 Å². The van der Waals surface area contributed by atoms with Gasteiger partial charge in [0.25, 0.3) is 0 Å². The Labute approximate surface area is 124 Å². The van der Waals surface area contributed by atoms with Gasteiger partial charge in [-0.15, -0.1) is 6.42 Å². The highest BCUT2D eigenvalue weighted by molar-refractivity contribution is 5.92. The van der Waals surface area contributed by atoms with E-state index in [9.17, 15) is 4.79 Å². The van der Waals surface area contributed by atoms with E-state index in [-0.39, 0.29) is 11.4 Å². The lowest BCUT2D eigenvalue weighted by Crippen LogP contribution is -2.16. The summed E-state index contributed by atoms with van der Waals surface area (Å²) in [5.74, 6) is 2.34. The number of hydrogen-bond donors (Lipinski definition) is 0. The van der Waals surface area contributed by atoms with Crippen LogP contribution in [-0.2, 0) is 10.2 Å². The van der Waals surface area contributed by atoms with Gasteiger partial charge in [-0.3, -0.25) is 0 Å². The molecule has 0 aromatic heterocycles. The SMILES string of the molecule is C#Cc1ccc(C(=O)OC)c(C2(c3ccccc3)CC2)c1. The molecule has 2 aromatic rings. The zero-order valence-electron chi connectivity index (χ0n) is 11.9. The molecule has 0 heterocycles. The third-order valence-corrected chi connectivity index (χ3v) is 4.18. The second-order valence-electron chi connectivity index (χ2n) is 5.34. The highest BCUT2D eigenvalue weighted by atomic mass is 16.5. The molecule has 1 fully saturated rings. The molecule has 1 aliphatic rings. The van der Waals surface area contributed by atoms with Gasteiger partial charge in [0.2, 0.25) is 0 Å². The molecule has 104 valence electrons. The molecule has 0 radical (unpaired) electrons. The number of methoxy groups -OCH3 is 1. The van der Waals surface area contributed by atoms with E-state index >= 15 is 0 Å². The Kier molecular flexibility index (Phi) is 3.27. The summed E-state index contributed by atoms with van der Waals surface area (Å²) >= 11 is 0. The van der Waals surface area contributed by atoms with Crippen molar-refractivity contribution in [2.24, 2.45) is 0 Å². The highest BCUT2D eigenvalue weighted by Crippen LogP contribution is 2.54. The van der Waals surface area contributed by atoms with Crippen LogP contribution in [0.1, 0.15) is 39.9 Å². The van der Waals surface area contributed by atoms with Crippen LogP contribution in [0.3, 0.4) is 0 Å². The van der Waals surface area contributed by atoms with E-state index in [1.807, 2.05) is 24.3 Å². The number of ether oxygens (including phenoxy) is 1. The summed E-state index contributed by atoms with van der Waals surface area (Å²) in [5.41, 5.74) is 3.51. The van der Waals surface area contributed by atoms with Gasteiger partial charge < -0.3 is 4.74 Å². The minimum absolute atomic E-state index is 0.0996.